The Morgan fingerprint density at radius 1 is 2.00 bits per heavy atom. The lowest BCUT2D eigenvalue weighted by Gasteiger charge is -1.81. The van der Waals surface area contributed by atoms with Crippen LogP contribution in [-0.4, -0.2) is 11.8 Å². The molecule has 2 heteroatoms. The highest BCUT2D eigenvalue weighted by atomic mass is 19.1. The standard InChI is InChI=1S/C4H7FO/c1-2-4(6)3-5/h2,6H,3H2,1H3. The lowest BCUT2D eigenvalue weighted by molar-refractivity contribution is 0.343. The first-order chi connectivity index (χ1) is 2.81. The number of aliphatic hydroxyl groups is 1. The van der Waals surface area contributed by atoms with Gasteiger partial charge in [0.2, 0.25) is 0 Å². The van der Waals surface area contributed by atoms with Gasteiger partial charge in [0.1, 0.15) is 12.4 Å². The van der Waals surface area contributed by atoms with Crippen LogP contribution in [-0.2, 0) is 0 Å². The monoisotopic (exact) mass is 90.0 g/mol. The van der Waals surface area contributed by atoms with Gasteiger partial charge < -0.3 is 5.11 Å². The molecule has 0 aromatic rings. The molecule has 0 spiro atoms. The zero-order valence-corrected chi connectivity index (χ0v) is 3.61. The highest BCUT2D eigenvalue weighted by molar-refractivity contribution is 4.85. The number of hydrogen-bond donors (Lipinski definition) is 1. The molecule has 0 aromatic heterocycles. The summed E-state index contributed by atoms with van der Waals surface area (Å²) in [6, 6.07) is 0. The van der Waals surface area contributed by atoms with E-state index >= 15 is 0 Å². The van der Waals surface area contributed by atoms with Crippen molar-refractivity contribution in [2.24, 2.45) is 0 Å². The first-order valence-corrected chi connectivity index (χ1v) is 1.71. The van der Waals surface area contributed by atoms with Crippen LogP contribution in [0, 0.1) is 0 Å². The van der Waals surface area contributed by atoms with E-state index in [9.17, 15) is 4.39 Å². The van der Waals surface area contributed by atoms with Crippen molar-refractivity contribution < 1.29 is 9.50 Å². The van der Waals surface area contributed by atoms with E-state index in [4.69, 9.17) is 5.11 Å². The quantitative estimate of drug-likeness (QED) is 0.483. The Balaban J connectivity index is 3.22. The van der Waals surface area contributed by atoms with E-state index in [2.05, 4.69) is 0 Å². The molecule has 0 aromatic carbocycles. The number of rotatable bonds is 1. The lowest BCUT2D eigenvalue weighted by atomic mass is 10.5. The highest BCUT2D eigenvalue weighted by Gasteiger charge is 1.80. The molecule has 0 heterocycles. The molecular formula is C4H7FO. The van der Waals surface area contributed by atoms with Crippen molar-refractivity contribution in [1.82, 2.24) is 0 Å². The molecule has 0 saturated carbocycles. The smallest absolute Gasteiger partial charge is 0.146 e. The average molecular weight is 90.1 g/mol. The fourth-order valence-corrected chi connectivity index (χ4v) is 0.0772. The Morgan fingerprint density at radius 3 is 2.50 bits per heavy atom. The van der Waals surface area contributed by atoms with Gasteiger partial charge in [0.05, 0.1) is 0 Å². The summed E-state index contributed by atoms with van der Waals surface area (Å²) < 4.78 is 11.1. The topological polar surface area (TPSA) is 20.2 Å². The second kappa shape index (κ2) is 2.69. The van der Waals surface area contributed by atoms with Gasteiger partial charge in [-0.15, -0.1) is 0 Å². The largest absolute Gasteiger partial charge is 0.510 e. The van der Waals surface area contributed by atoms with Crippen LogP contribution in [0.1, 0.15) is 6.92 Å². The molecular weight excluding hydrogens is 83.0 g/mol. The summed E-state index contributed by atoms with van der Waals surface area (Å²) >= 11 is 0. The van der Waals surface area contributed by atoms with Crippen LogP contribution in [0.2, 0.25) is 0 Å². The van der Waals surface area contributed by atoms with Crippen LogP contribution in [0.3, 0.4) is 0 Å². The predicted octanol–water partition coefficient (Wildman–Crippen LogP) is 1.42. The molecule has 0 amide bonds. The third kappa shape index (κ3) is 1.76. The van der Waals surface area contributed by atoms with Crippen molar-refractivity contribution in [2.45, 2.75) is 6.92 Å². The maximum atomic E-state index is 11.1. The molecule has 0 fully saturated rings. The fourth-order valence-electron chi connectivity index (χ4n) is 0.0772. The zero-order chi connectivity index (χ0) is 4.99. The van der Waals surface area contributed by atoms with Crippen LogP contribution in [0.4, 0.5) is 4.39 Å². The van der Waals surface area contributed by atoms with E-state index in [0.717, 1.165) is 0 Å². The Morgan fingerprint density at radius 2 is 2.50 bits per heavy atom. The Hall–Kier alpha value is -0.530. The number of halogens is 1. The van der Waals surface area contributed by atoms with Crippen LogP contribution in [0.25, 0.3) is 0 Å². The first kappa shape index (κ1) is 5.47. The molecule has 36 valence electrons. The normalized spacial score (nSPS) is 12.0. The summed E-state index contributed by atoms with van der Waals surface area (Å²) in [6.45, 7) is 0.825. The minimum atomic E-state index is -0.753. The molecule has 0 unspecified atom stereocenters. The van der Waals surface area contributed by atoms with Crippen molar-refractivity contribution in [1.29, 1.82) is 0 Å². The fraction of sp³-hybridized carbons (Fsp3) is 0.500. The number of aliphatic hydroxyl groups excluding tert-OH is 1. The summed E-state index contributed by atoms with van der Waals surface area (Å²) in [4.78, 5) is 0. The molecule has 0 saturated heterocycles. The molecule has 1 N–H and O–H groups in total. The number of allylic oxidation sites excluding steroid dienone is 2. The van der Waals surface area contributed by atoms with Gasteiger partial charge in [-0.2, -0.15) is 0 Å². The second-order valence-electron chi connectivity index (χ2n) is 0.914. The van der Waals surface area contributed by atoms with E-state index in [1.165, 1.54) is 6.08 Å². The minimum absolute atomic E-state index is 0.199. The van der Waals surface area contributed by atoms with Gasteiger partial charge in [0, 0.05) is 0 Å². The predicted molar refractivity (Wildman–Crippen MR) is 22.4 cm³/mol. The maximum Gasteiger partial charge on any atom is 0.146 e. The third-order valence-corrected chi connectivity index (χ3v) is 0.470. The van der Waals surface area contributed by atoms with Gasteiger partial charge in [-0.05, 0) is 13.0 Å². The second-order valence-corrected chi connectivity index (χ2v) is 0.914. The highest BCUT2D eigenvalue weighted by Crippen LogP contribution is 1.84. The van der Waals surface area contributed by atoms with E-state index in [-0.39, 0.29) is 5.76 Å². The maximum absolute atomic E-state index is 11.1. The van der Waals surface area contributed by atoms with Crippen LogP contribution >= 0.6 is 0 Å². The molecule has 0 aliphatic rings. The minimum Gasteiger partial charge on any atom is -0.510 e. The van der Waals surface area contributed by atoms with Crippen molar-refractivity contribution in [3.63, 3.8) is 0 Å². The summed E-state index contributed by atoms with van der Waals surface area (Å²) in [6.07, 6.45) is 1.32. The van der Waals surface area contributed by atoms with E-state index in [1.807, 2.05) is 0 Å². The molecule has 0 radical (unpaired) electrons. The summed E-state index contributed by atoms with van der Waals surface area (Å²) in [5.41, 5.74) is 0. The van der Waals surface area contributed by atoms with E-state index in [1.54, 1.807) is 6.92 Å². The summed E-state index contributed by atoms with van der Waals surface area (Å²) in [7, 11) is 0. The number of alkyl halides is 1. The van der Waals surface area contributed by atoms with Crippen molar-refractivity contribution in [3.05, 3.63) is 11.8 Å². The van der Waals surface area contributed by atoms with Gasteiger partial charge in [0.15, 0.2) is 0 Å². The Labute approximate surface area is 36.1 Å². The molecule has 0 bridgehead atoms. The van der Waals surface area contributed by atoms with Crippen molar-refractivity contribution in [3.8, 4) is 0 Å². The van der Waals surface area contributed by atoms with Gasteiger partial charge in [-0.3, -0.25) is 0 Å². The third-order valence-electron chi connectivity index (χ3n) is 0.470. The van der Waals surface area contributed by atoms with Crippen LogP contribution < -0.4 is 0 Å². The van der Waals surface area contributed by atoms with Crippen LogP contribution in [0.15, 0.2) is 11.8 Å². The Kier molecular flexibility index (Phi) is 2.46. The Bertz CT molecular complexity index is 58.6. The van der Waals surface area contributed by atoms with Gasteiger partial charge >= 0.3 is 0 Å². The molecule has 6 heavy (non-hydrogen) atoms. The van der Waals surface area contributed by atoms with Gasteiger partial charge in [-0.25, -0.2) is 4.39 Å². The molecule has 0 rings (SSSR count). The van der Waals surface area contributed by atoms with E-state index in [0.29, 0.717) is 0 Å². The molecule has 1 nitrogen and oxygen atoms in total. The van der Waals surface area contributed by atoms with Gasteiger partial charge in [0.25, 0.3) is 0 Å². The lowest BCUT2D eigenvalue weighted by Crippen LogP contribution is -1.77. The number of hydrogen-bond acceptors (Lipinski definition) is 1. The van der Waals surface area contributed by atoms with Crippen molar-refractivity contribution in [2.75, 3.05) is 6.67 Å². The SMILES string of the molecule is CC=C(O)CF. The summed E-state index contributed by atoms with van der Waals surface area (Å²) in [5.74, 6) is -0.199. The zero-order valence-electron chi connectivity index (χ0n) is 3.61. The average Bonchev–Trinajstić information content (AvgIpc) is 1.65. The molecule has 0 aliphatic heterocycles. The molecule has 0 aliphatic carbocycles. The molecule has 0 atom stereocenters. The first-order valence-electron chi connectivity index (χ1n) is 1.71. The summed E-state index contributed by atoms with van der Waals surface area (Å²) in [5, 5.41) is 8.15. The van der Waals surface area contributed by atoms with Crippen LogP contribution in [0.5, 0.6) is 0 Å². The van der Waals surface area contributed by atoms with E-state index < -0.39 is 6.67 Å². The van der Waals surface area contributed by atoms with Crippen molar-refractivity contribution >= 4 is 0 Å². The van der Waals surface area contributed by atoms with Gasteiger partial charge in [-0.1, -0.05) is 0 Å².